The van der Waals surface area contributed by atoms with E-state index in [2.05, 4.69) is 0 Å². The van der Waals surface area contributed by atoms with Crippen LogP contribution in [0.15, 0.2) is 0 Å². The number of rotatable bonds is 2. The van der Waals surface area contributed by atoms with Gasteiger partial charge < -0.3 is 18.9 Å². The first-order valence-electron chi connectivity index (χ1n) is 7.21. The van der Waals surface area contributed by atoms with E-state index in [1.165, 1.54) is 12.8 Å². The number of ether oxygens (including phenoxy) is 4. The Morgan fingerprint density at radius 1 is 0.778 bits per heavy atom. The summed E-state index contributed by atoms with van der Waals surface area (Å²) in [5.41, 5.74) is 0. The molecule has 4 heteroatoms. The van der Waals surface area contributed by atoms with E-state index in [9.17, 15) is 0 Å². The van der Waals surface area contributed by atoms with Gasteiger partial charge in [0.25, 0.3) is 0 Å². The molecule has 1 heterocycles. The van der Waals surface area contributed by atoms with Gasteiger partial charge in [0.05, 0.1) is 12.2 Å². The average Bonchev–Trinajstić information content (AvgIpc) is 2.44. The van der Waals surface area contributed by atoms with Crippen molar-refractivity contribution < 1.29 is 18.9 Å². The van der Waals surface area contributed by atoms with Gasteiger partial charge in [0.15, 0.2) is 0 Å². The zero-order chi connectivity index (χ0) is 12.6. The lowest BCUT2D eigenvalue weighted by molar-refractivity contribution is -0.472. The molecule has 3 aliphatic rings. The van der Waals surface area contributed by atoms with E-state index in [0.717, 1.165) is 38.5 Å². The number of methoxy groups -OCH3 is 2. The van der Waals surface area contributed by atoms with E-state index in [1.54, 1.807) is 14.2 Å². The Morgan fingerprint density at radius 2 is 1.22 bits per heavy atom. The topological polar surface area (TPSA) is 36.9 Å². The van der Waals surface area contributed by atoms with E-state index < -0.39 is 11.6 Å². The maximum Gasteiger partial charge on any atom is 0.223 e. The second kappa shape index (κ2) is 4.75. The zero-order valence-corrected chi connectivity index (χ0v) is 11.4. The minimum atomic E-state index is -0.696. The van der Waals surface area contributed by atoms with E-state index >= 15 is 0 Å². The van der Waals surface area contributed by atoms with Crippen molar-refractivity contribution in [3.8, 4) is 0 Å². The van der Waals surface area contributed by atoms with Gasteiger partial charge in [-0.1, -0.05) is 12.8 Å². The minimum Gasteiger partial charge on any atom is -0.349 e. The first-order chi connectivity index (χ1) is 8.75. The number of hydrogen-bond acceptors (Lipinski definition) is 4. The standard InChI is InChI=1S/C14H24O4/c1-15-13-9-5-6-10-14(13,16-2)18-12-8-4-3-7-11(12)17-13/h11-12H,3-10H2,1-2H3/t11-,12-,13+,14+/m1/s1. The molecule has 0 aromatic heterocycles. The van der Waals surface area contributed by atoms with Gasteiger partial charge >= 0.3 is 0 Å². The van der Waals surface area contributed by atoms with Gasteiger partial charge in [-0.3, -0.25) is 0 Å². The van der Waals surface area contributed by atoms with E-state index in [1.807, 2.05) is 0 Å². The fourth-order valence-corrected chi connectivity index (χ4v) is 3.83. The molecule has 1 aliphatic heterocycles. The van der Waals surface area contributed by atoms with Crippen LogP contribution in [0.25, 0.3) is 0 Å². The van der Waals surface area contributed by atoms with Crippen LogP contribution in [0.4, 0.5) is 0 Å². The van der Waals surface area contributed by atoms with Crippen molar-refractivity contribution in [2.75, 3.05) is 14.2 Å². The summed E-state index contributed by atoms with van der Waals surface area (Å²) in [4.78, 5) is 0. The second-order valence-electron chi connectivity index (χ2n) is 5.72. The summed E-state index contributed by atoms with van der Waals surface area (Å²) in [6.45, 7) is 0. The molecule has 0 amide bonds. The van der Waals surface area contributed by atoms with E-state index in [-0.39, 0.29) is 12.2 Å². The summed E-state index contributed by atoms with van der Waals surface area (Å²) in [5.74, 6) is -1.39. The molecule has 18 heavy (non-hydrogen) atoms. The van der Waals surface area contributed by atoms with Gasteiger partial charge in [-0.15, -0.1) is 0 Å². The Hall–Kier alpha value is -0.160. The van der Waals surface area contributed by atoms with Crippen molar-refractivity contribution in [1.29, 1.82) is 0 Å². The second-order valence-corrected chi connectivity index (χ2v) is 5.72. The molecular formula is C14H24O4. The SMILES string of the molecule is CO[C@]12CCCC[C@]1(OC)O[C@@H]1CCCC[C@H]1O2. The molecule has 1 saturated heterocycles. The summed E-state index contributed by atoms with van der Waals surface area (Å²) in [6.07, 6.45) is 8.92. The van der Waals surface area contributed by atoms with Crippen LogP contribution in [0.3, 0.4) is 0 Å². The quantitative estimate of drug-likeness (QED) is 0.761. The highest BCUT2D eigenvalue weighted by Gasteiger charge is 2.62. The summed E-state index contributed by atoms with van der Waals surface area (Å²) in [6, 6.07) is 0. The van der Waals surface area contributed by atoms with Gasteiger partial charge in [-0.2, -0.15) is 0 Å². The average molecular weight is 256 g/mol. The van der Waals surface area contributed by atoms with Crippen LogP contribution in [0.5, 0.6) is 0 Å². The molecular weight excluding hydrogens is 232 g/mol. The van der Waals surface area contributed by atoms with Crippen molar-refractivity contribution in [2.45, 2.75) is 75.1 Å². The van der Waals surface area contributed by atoms with Gasteiger partial charge in [-0.05, 0) is 25.7 Å². The predicted molar refractivity (Wildman–Crippen MR) is 66.2 cm³/mol. The molecule has 0 radical (unpaired) electrons. The highest BCUT2D eigenvalue weighted by Crippen LogP contribution is 2.50. The lowest BCUT2D eigenvalue weighted by atomic mass is 9.83. The van der Waals surface area contributed by atoms with E-state index in [0.29, 0.717) is 0 Å². The van der Waals surface area contributed by atoms with Crippen molar-refractivity contribution in [2.24, 2.45) is 0 Å². The molecule has 4 atom stereocenters. The van der Waals surface area contributed by atoms with Crippen LogP contribution >= 0.6 is 0 Å². The lowest BCUT2D eigenvalue weighted by Gasteiger charge is -2.57. The molecule has 0 aromatic rings. The molecule has 3 fully saturated rings. The van der Waals surface area contributed by atoms with Gasteiger partial charge in [0, 0.05) is 27.1 Å². The summed E-state index contributed by atoms with van der Waals surface area (Å²) >= 11 is 0. The van der Waals surface area contributed by atoms with Crippen molar-refractivity contribution in [3.63, 3.8) is 0 Å². The summed E-state index contributed by atoms with van der Waals surface area (Å²) < 4.78 is 24.2. The Balaban J connectivity index is 1.90. The normalized spacial score (nSPS) is 48.3. The van der Waals surface area contributed by atoms with Crippen LogP contribution in [-0.2, 0) is 18.9 Å². The van der Waals surface area contributed by atoms with Crippen molar-refractivity contribution >= 4 is 0 Å². The third-order valence-electron chi connectivity index (χ3n) is 4.83. The van der Waals surface area contributed by atoms with Crippen LogP contribution in [-0.4, -0.2) is 38.0 Å². The maximum atomic E-state index is 6.35. The number of hydrogen-bond donors (Lipinski definition) is 0. The van der Waals surface area contributed by atoms with Crippen LogP contribution in [0.1, 0.15) is 51.4 Å². The van der Waals surface area contributed by atoms with Crippen molar-refractivity contribution in [1.82, 2.24) is 0 Å². The molecule has 0 bridgehead atoms. The molecule has 2 saturated carbocycles. The Labute approximate surface area is 109 Å². The molecule has 0 N–H and O–H groups in total. The highest BCUT2D eigenvalue weighted by atomic mass is 16.8. The summed E-state index contributed by atoms with van der Waals surface area (Å²) in [5, 5.41) is 0. The fourth-order valence-electron chi connectivity index (χ4n) is 3.83. The predicted octanol–water partition coefficient (Wildman–Crippen LogP) is 2.60. The van der Waals surface area contributed by atoms with Crippen molar-refractivity contribution in [3.05, 3.63) is 0 Å². The Kier molecular flexibility index (Phi) is 3.39. The lowest BCUT2D eigenvalue weighted by Crippen LogP contribution is -2.69. The van der Waals surface area contributed by atoms with Gasteiger partial charge in [0.1, 0.15) is 0 Å². The Morgan fingerprint density at radius 3 is 1.61 bits per heavy atom. The van der Waals surface area contributed by atoms with Gasteiger partial charge in [0.2, 0.25) is 11.6 Å². The third-order valence-corrected chi connectivity index (χ3v) is 4.83. The van der Waals surface area contributed by atoms with Crippen LogP contribution in [0, 0.1) is 0 Å². The molecule has 0 aromatic carbocycles. The van der Waals surface area contributed by atoms with E-state index in [4.69, 9.17) is 18.9 Å². The summed E-state index contributed by atoms with van der Waals surface area (Å²) in [7, 11) is 3.43. The molecule has 0 spiro atoms. The van der Waals surface area contributed by atoms with Crippen LogP contribution in [0.2, 0.25) is 0 Å². The Bertz CT molecular complexity index is 278. The molecule has 4 nitrogen and oxygen atoms in total. The fraction of sp³-hybridized carbons (Fsp3) is 1.00. The highest BCUT2D eigenvalue weighted by molar-refractivity contribution is 4.99. The maximum absolute atomic E-state index is 6.35. The van der Waals surface area contributed by atoms with Crippen LogP contribution < -0.4 is 0 Å². The first kappa shape index (κ1) is 12.9. The largest absolute Gasteiger partial charge is 0.349 e. The molecule has 2 aliphatic carbocycles. The monoisotopic (exact) mass is 256 g/mol. The smallest absolute Gasteiger partial charge is 0.223 e. The molecule has 0 unspecified atom stereocenters. The first-order valence-corrected chi connectivity index (χ1v) is 7.21. The number of fused-ring (bicyclic) bond motifs is 2. The minimum absolute atomic E-state index is 0.181. The zero-order valence-electron chi connectivity index (χ0n) is 11.4. The molecule has 104 valence electrons. The molecule has 3 rings (SSSR count). The van der Waals surface area contributed by atoms with Gasteiger partial charge in [-0.25, -0.2) is 0 Å². The third kappa shape index (κ3) is 1.73.